The zero-order valence-corrected chi connectivity index (χ0v) is 15.9. The second-order valence-electron chi connectivity index (χ2n) is 7.76. The Balaban J connectivity index is 1.44. The highest BCUT2D eigenvalue weighted by Gasteiger charge is 2.45. The third-order valence-electron chi connectivity index (χ3n) is 5.95. The molecule has 2 fully saturated rings. The first kappa shape index (κ1) is 17.2. The first-order valence-electron chi connectivity index (χ1n) is 9.50. The summed E-state index contributed by atoms with van der Waals surface area (Å²) < 4.78 is 6.19. The zero-order valence-electron chi connectivity index (χ0n) is 15.1. The van der Waals surface area contributed by atoms with Gasteiger partial charge in [0.25, 0.3) is 0 Å². The fourth-order valence-corrected chi connectivity index (χ4v) is 5.19. The van der Waals surface area contributed by atoms with E-state index in [9.17, 15) is 0 Å². The van der Waals surface area contributed by atoms with Gasteiger partial charge in [-0.3, -0.25) is 9.88 Å². The van der Waals surface area contributed by atoms with Crippen LogP contribution in [0.3, 0.4) is 0 Å². The van der Waals surface area contributed by atoms with E-state index in [0.29, 0.717) is 11.5 Å². The molecule has 0 aliphatic carbocycles. The van der Waals surface area contributed by atoms with Gasteiger partial charge in [0.2, 0.25) is 0 Å². The van der Waals surface area contributed by atoms with E-state index in [-0.39, 0.29) is 0 Å². The van der Waals surface area contributed by atoms with Crippen molar-refractivity contribution < 1.29 is 4.74 Å². The molecule has 2 atom stereocenters. The van der Waals surface area contributed by atoms with E-state index in [4.69, 9.17) is 4.74 Å². The van der Waals surface area contributed by atoms with Gasteiger partial charge in [0, 0.05) is 37.0 Å². The maximum atomic E-state index is 6.19. The van der Waals surface area contributed by atoms with Gasteiger partial charge in [-0.15, -0.1) is 0 Å². The summed E-state index contributed by atoms with van der Waals surface area (Å²) in [6, 6.07) is 6.62. The third kappa shape index (κ3) is 3.97. The standard InChI is InChI=1S/C21H28N2OS/c1-17-4-5-19(13-22-17)14-23-10-9-21(16-23,20-3-2-11-24-20)8-6-18-7-12-25-15-18/h4-5,7,12-13,15,20H,2-3,6,8-11,14,16H2,1H3/t20?,21-/m1/s1. The zero-order chi connectivity index (χ0) is 17.1. The Bertz CT molecular complexity index is 664. The van der Waals surface area contributed by atoms with E-state index in [1.807, 2.05) is 24.5 Å². The molecule has 2 aliphatic rings. The van der Waals surface area contributed by atoms with Crippen LogP contribution in [-0.4, -0.2) is 35.7 Å². The van der Waals surface area contributed by atoms with Crippen LogP contribution in [0.15, 0.2) is 35.2 Å². The van der Waals surface area contributed by atoms with Crippen molar-refractivity contribution in [1.82, 2.24) is 9.88 Å². The molecule has 3 nitrogen and oxygen atoms in total. The van der Waals surface area contributed by atoms with E-state index in [1.165, 1.54) is 49.8 Å². The Kier molecular flexibility index (Phi) is 5.20. The summed E-state index contributed by atoms with van der Waals surface area (Å²) in [6.45, 7) is 6.35. The minimum Gasteiger partial charge on any atom is -0.378 e. The molecule has 4 heterocycles. The number of hydrogen-bond donors (Lipinski definition) is 0. The largest absolute Gasteiger partial charge is 0.378 e. The van der Waals surface area contributed by atoms with Crippen LogP contribution in [0.25, 0.3) is 0 Å². The summed E-state index contributed by atoms with van der Waals surface area (Å²) in [7, 11) is 0. The Hall–Kier alpha value is -1.23. The van der Waals surface area contributed by atoms with Crippen molar-refractivity contribution in [3.63, 3.8) is 0 Å². The number of hydrogen-bond acceptors (Lipinski definition) is 4. The van der Waals surface area contributed by atoms with Crippen molar-refractivity contribution >= 4 is 11.3 Å². The quantitative estimate of drug-likeness (QED) is 0.764. The average molecular weight is 357 g/mol. The van der Waals surface area contributed by atoms with Crippen molar-refractivity contribution in [2.24, 2.45) is 5.41 Å². The number of ether oxygens (including phenoxy) is 1. The molecular weight excluding hydrogens is 328 g/mol. The number of aryl methyl sites for hydroxylation is 2. The number of likely N-dealkylation sites (tertiary alicyclic amines) is 1. The van der Waals surface area contributed by atoms with Crippen LogP contribution in [0.2, 0.25) is 0 Å². The van der Waals surface area contributed by atoms with Gasteiger partial charge in [0.15, 0.2) is 0 Å². The lowest BCUT2D eigenvalue weighted by Crippen LogP contribution is -2.38. The Labute approximate surface area is 155 Å². The Morgan fingerprint density at radius 3 is 3.00 bits per heavy atom. The molecule has 0 radical (unpaired) electrons. The average Bonchev–Trinajstić information content (AvgIpc) is 3.38. The van der Waals surface area contributed by atoms with E-state index in [0.717, 1.165) is 25.4 Å². The highest BCUT2D eigenvalue weighted by atomic mass is 32.1. The Morgan fingerprint density at radius 2 is 2.28 bits per heavy atom. The summed E-state index contributed by atoms with van der Waals surface area (Å²) in [4.78, 5) is 7.07. The maximum Gasteiger partial charge on any atom is 0.0645 e. The molecule has 1 unspecified atom stereocenters. The van der Waals surface area contributed by atoms with Crippen molar-refractivity contribution in [2.75, 3.05) is 19.7 Å². The number of rotatable bonds is 6. The molecule has 4 heteroatoms. The van der Waals surface area contributed by atoms with Crippen LogP contribution in [0.1, 0.15) is 42.5 Å². The summed E-state index contributed by atoms with van der Waals surface area (Å²) in [5.41, 5.74) is 4.24. The smallest absolute Gasteiger partial charge is 0.0645 e. The monoisotopic (exact) mass is 356 g/mol. The van der Waals surface area contributed by atoms with Crippen LogP contribution in [0, 0.1) is 12.3 Å². The number of aromatic nitrogens is 1. The molecule has 25 heavy (non-hydrogen) atoms. The van der Waals surface area contributed by atoms with E-state index < -0.39 is 0 Å². The minimum atomic E-state index is 0.330. The summed E-state index contributed by atoms with van der Waals surface area (Å²) >= 11 is 1.81. The summed E-state index contributed by atoms with van der Waals surface area (Å²) in [5.74, 6) is 0. The second kappa shape index (κ2) is 7.56. The Morgan fingerprint density at radius 1 is 1.32 bits per heavy atom. The highest BCUT2D eigenvalue weighted by Crippen LogP contribution is 2.44. The van der Waals surface area contributed by atoms with Crippen LogP contribution in [0.4, 0.5) is 0 Å². The van der Waals surface area contributed by atoms with Gasteiger partial charge in [-0.2, -0.15) is 11.3 Å². The lowest BCUT2D eigenvalue weighted by molar-refractivity contribution is -0.00180. The molecule has 0 N–H and O–H groups in total. The van der Waals surface area contributed by atoms with Crippen molar-refractivity contribution in [1.29, 1.82) is 0 Å². The molecule has 0 saturated carbocycles. The van der Waals surface area contributed by atoms with E-state index in [1.54, 1.807) is 0 Å². The molecule has 2 aromatic rings. The summed E-state index contributed by atoms with van der Waals surface area (Å²) in [5, 5.41) is 4.49. The molecule has 4 rings (SSSR count). The molecule has 0 spiro atoms. The van der Waals surface area contributed by atoms with Gasteiger partial charge >= 0.3 is 0 Å². The summed E-state index contributed by atoms with van der Waals surface area (Å²) in [6.07, 6.45) is 8.65. The highest BCUT2D eigenvalue weighted by molar-refractivity contribution is 7.07. The number of pyridine rings is 1. The number of thiophene rings is 1. The first-order chi connectivity index (χ1) is 12.2. The van der Waals surface area contributed by atoms with Crippen LogP contribution < -0.4 is 0 Å². The molecule has 2 saturated heterocycles. The van der Waals surface area contributed by atoms with E-state index >= 15 is 0 Å². The fourth-order valence-electron chi connectivity index (χ4n) is 4.49. The molecule has 134 valence electrons. The molecule has 0 aromatic carbocycles. The van der Waals surface area contributed by atoms with Gasteiger partial charge in [0.05, 0.1) is 6.10 Å². The van der Waals surface area contributed by atoms with Gasteiger partial charge in [-0.05, 0) is 79.6 Å². The normalized spacial score (nSPS) is 27.2. The third-order valence-corrected chi connectivity index (χ3v) is 6.68. The van der Waals surface area contributed by atoms with E-state index in [2.05, 4.69) is 38.8 Å². The first-order valence-corrected chi connectivity index (χ1v) is 10.4. The van der Waals surface area contributed by atoms with Crippen LogP contribution in [0.5, 0.6) is 0 Å². The van der Waals surface area contributed by atoms with Crippen molar-refractivity contribution in [3.05, 3.63) is 52.0 Å². The van der Waals surface area contributed by atoms with Gasteiger partial charge < -0.3 is 4.74 Å². The SMILES string of the molecule is Cc1ccc(CN2CC[C@@](CCc3ccsc3)(C3CCCO3)C2)cn1. The van der Waals surface area contributed by atoms with Gasteiger partial charge in [0.1, 0.15) is 0 Å². The lowest BCUT2D eigenvalue weighted by Gasteiger charge is -2.35. The predicted octanol–water partition coefficient (Wildman–Crippen LogP) is 4.46. The predicted molar refractivity (Wildman–Crippen MR) is 103 cm³/mol. The topological polar surface area (TPSA) is 25.4 Å². The van der Waals surface area contributed by atoms with Crippen LogP contribution in [-0.2, 0) is 17.7 Å². The molecule has 0 amide bonds. The fraction of sp³-hybridized carbons (Fsp3) is 0.571. The van der Waals surface area contributed by atoms with Gasteiger partial charge in [-0.25, -0.2) is 0 Å². The van der Waals surface area contributed by atoms with Gasteiger partial charge in [-0.1, -0.05) is 6.07 Å². The molecule has 2 aromatic heterocycles. The lowest BCUT2D eigenvalue weighted by atomic mass is 9.75. The second-order valence-corrected chi connectivity index (χ2v) is 8.54. The van der Waals surface area contributed by atoms with Crippen molar-refractivity contribution in [2.45, 2.75) is 51.7 Å². The molecule has 2 aliphatic heterocycles. The van der Waals surface area contributed by atoms with Crippen molar-refractivity contribution in [3.8, 4) is 0 Å². The molecule has 0 bridgehead atoms. The minimum absolute atomic E-state index is 0.330. The number of nitrogens with zero attached hydrogens (tertiary/aromatic N) is 2. The molecular formula is C21H28N2OS. The van der Waals surface area contributed by atoms with Crippen LogP contribution >= 0.6 is 11.3 Å². The maximum absolute atomic E-state index is 6.19.